The van der Waals surface area contributed by atoms with Crippen molar-refractivity contribution < 1.29 is 17.9 Å². The SMILES string of the molecule is O=C(Nc1ccc(-n2ccc3cc(NCCCN4CCOCC4)ccc3c2=O)c(Cl)c1)NS(=O)(=O)c1ccc(Cl)s1. The van der Waals surface area contributed by atoms with Crippen molar-refractivity contribution in [2.24, 2.45) is 0 Å². The molecule has 0 saturated carbocycles. The Labute approximate surface area is 250 Å². The number of carbonyl (C=O) groups excluding carboxylic acids is 1. The van der Waals surface area contributed by atoms with Crippen LogP contribution in [0, 0.1) is 0 Å². The van der Waals surface area contributed by atoms with Crippen LogP contribution in [-0.4, -0.2) is 63.3 Å². The van der Waals surface area contributed by atoms with Gasteiger partial charge in [0.05, 0.1) is 28.3 Å². The summed E-state index contributed by atoms with van der Waals surface area (Å²) in [6.07, 6.45) is 2.65. The van der Waals surface area contributed by atoms with Gasteiger partial charge < -0.3 is 15.4 Å². The minimum Gasteiger partial charge on any atom is -0.385 e. The predicted molar refractivity (Wildman–Crippen MR) is 164 cm³/mol. The topological polar surface area (TPSA) is 122 Å². The summed E-state index contributed by atoms with van der Waals surface area (Å²) in [5.74, 6) is 0. The number of hydrogen-bond donors (Lipinski definition) is 3. The van der Waals surface area contributed by atoms with Gasteiger partial charge >= 0.3 is 6.03 Å². The van der Waals surface area contributed by atoms with Gasteiger partial charge in [-0.2, -0.15) is 0 Å². The summed E-state index contributed by atoms with van der Waals surface area (Å²) >= 11 is 13.1. The molecule has 10 nitrogen and oxygen atoms in total. The number of carbonyl (C=O) groups is 1. The monoisotopic (exact) mass is 635 g/mol. The molecule has 0 unspecified atom stereocenters. The lowest BCUT2D eigenvalue weighted by Crippen LogP contribution is -2.37. The molecule has 41 heavy (non-hydrogen) atoms. The molecule has 0 aliphatic carbocycles. The van der Waals surface area contributed by atoms with Gasteiger partial charge in [0.1, 0.15) is 4.21 Å². The molecular weight excluding hydrogens is 609 g/mol. The molecule has 1 saturated heterocycles. The highest BCUT2D eigenvalue weighted by Crippen LogP contribution is 2.27. The average Bonchev–Trinajstić information content (AvgIpc) is 3.39. The van der Waals surface area contributed by atoms with Crippen molar-refractivity contribution in [2.75, 3.05) is 50.0 Å². The third kappa shape index (κ3) is 7.21. The van der Waals surface area contributed by atoms with Gasteiger partial charge in [-0.25, -0.2) is 17.9 Å². The number of halogens is 2. The van der Waals surface area contributed by atoms with E-state index < -0.39 is 16.1 Å². The van der Waals surface area contributed by atoms with Gasteiger partial charge in [-0.1, -0.05) is 23.2 Å². The van der Waals surface area contributed by atoms with Gasteiger partial charge in [0, 0.05) is 42.6 Å². The molecule has 2 amide bonds. The molecule has 5 rings (SSSR count). The standard InChI is InChI=1S/C27H27Cl2N5O5S2/c28-22-17-20(31-27(36)32-41(37,38)25-7-6-24(29)40-25)3-5-23(22)34-11-8-18-16-19(2-4-21(18)26(34)35)30-9-1-10-33-12-14-39-15-13-33/h2-8,11,16-17,30H,1,9-10,12-15H2,(H2,31,32,36). The molecule has 0 bridgehead atoms. The third-order valence-electron chi connectivity index (χ3n) is 6.49. The van der Waals surface area contributed by atoms with Crippen LogP contribution in [0.5, 0.6) is 0 Å². The van der Waals surface area contributed by atoms with Crippen molar-refractivity contribution in [3.8, 4) is 5.69 Å². The second-order valence-electron chi connectivity index (χ2n) is 9.31. The van der Waals surface area contributed by atoms with E-state index in [1.807, 2.05) is 22.9 Å². The minimum absolute atomic E-state index is 0.0895. The zero-order valence-electron chi connectivity index (χ0n) is 21.7. The van der Waals surface area contributed by atoms with Crippen molar-refractivity contribution >= 4 is 72.7 Å². The number of rotatable bonds is 9. The zero-order valence-corrected chi connectivity index (χ0v) is 24.9. The fraction of sp³-hybridized carbons (Fsp3) is 0.259. The summed E-state index contributed by atoms with van der Waals surface area (Å²) in [7, 11) is -4.08. The zero-order chi connectivity index (χ0) is 29.0. The third-order valence-corrected chi connectivity index (χ3v) is 9.85. The molecule has 216 valence electrons. The second kappa shape index (κ2) is 12.8. The number of thiophene rings is 1. The van der Waals surface area contributed by atoms with E-state index in [0.717, 1.165) is 68.2 Å². The summed E-state index contributed by atoms with van der Waals surface area (Å²) < 4.78 is 33.6. The second-order valence-corrected chi connectivity index (χ2v) is 13.3. The van der Waals surface area contributed by atoms with E-state index in [1.54, 1.807) is 18.3 Å². The lowest BCUT2D eigenvalue weighted by Gasteiger charge is -2.26. The van der Waals surface area contributed by atoms with E-state index >= 15 is 0 Å². The number of fused-ring (bicyclic) bond motifs is 1. The van der Waals surface area contributed by atoms with Crippen LogP contribution in [-0.2, 0) is 14.8 Å². The number of sulfonamides is 1. The minimum atomic E-state index is -4.08. The van der Waals surface area contributed by atoms with Crippen molar-refractivity contribution in [1.82, 2.24) is 14.2 Å². The summed E-state index contributed by atoms with van der Waals surface area (Å²) in [4.78, 5) is 28.0. The van der Waals surface area contributed by atoms with Crippen LogP contribution in [0.2, 0.25) is 9.36 Å². The summed E-state index contributed by atoms with van der Waals surface area (Å²) in [6.45, 7) is 5.35. The Kier molecular flexibility index (Phi) is 9.17. The Morgan fingerprint density at radius 2 is 1.78 bits per heavy atom. The lowest BCUT2D eigenvalue weighted by atomic mass is 10.1. The van der Waals surface area contributed by atoms with Crippen LogP contribution in [0.25, 0.3) is 16.5 Å². The van der Waals surface area contributed by atoms with Crippen LogP contribution < -0.4 is 20.9 Å². The maximum Gasteiger partial charge on any atom is 0.333 e. The fourth-order valence-corrected chi connectivity index (χ4v) is 7.12. The summed E-state index contributed by atoms with van der Waals surface area (Å²) in [5, 5.41) is 7.38. The maximum absolute atomic E-state index is 13.3. The highest BCUT2D eigenvalue weighted by atomic mass is 35.5. The first-order chi connectivity index (χ1) is 19.7. The molecule has 4 aromatic rings. The first-order valence-electron chi connectivity index (χ1n) is 12.8. The number of amides is 2. The maximum atomic E-state index is 13.3. The number of hydrogen-bond acceptors (Lipinski definition) is 8. The van der Waals surface area contributed by atoms with Gasteiger partial charge in [0.25, 0.3) is 15.6 Å². The number of urea groups is 1. The molecule has 14 heteroatoms. The van der Waals surface area contributed by atoms with E-state index in [9.17, 15) is 18.0 Å². The van der Waals surface area contributed by atoms with Crippen LogP contribution in [0.3, 0.4) is 0 Å². The number of ether oxygens (including phenoxy) is 1. The number of anilines is 2. The Balaban J connectivity index is 1.24. The smallest absolute Gasteiger partial charge is 0.333 e. The first kappa shape index (κ1) is 29.4. The van der Waals surface area contributed by atoms with E-state index in [1.165, 1.54) is 28.8 Å². The van der Waals surface area contributed by atoms with Crippen molar-refractivity contribution in [2.45, 2.75) is 10.6 Å². The molecular formula is C27H27Cl2N5O5S2. The van der Waals surface area contributed by atoms with Crippen LogP contribution in [0.1, 0.15) is 6.42 Å². The Morgan fingerprint density at radius 1 is 1.00 bits per heavy atom. The van der Waals surface area contributed by atoms with Gasteiger partial charge in [-0.15, -0.1) is 11.3 Å². The number of nitrogens with zero attached hydrogens (tertiary/aromatic N) is 2. The lowest BCUT2D eigenvalue weighted by molar-refractivity contribution is 0.0378. The van der Waals surface area contributed by atoms with Crippen molar-refractivity contribution in [3.05, 3.63) is 80.5 Å². The highest BCUT2D eigenvalue weighted by Gasteiger charge is 2.20. The quantitative estimate of drug-likeness (QED) is 0.221. The molecule has 2 aromatic heterocycles. The number of benzene rings is 2. The first-order valence-corrected chi connectivity index (χ1v) is 15.8. The molecule has 0 radical (unpaired) electrons. The molecule has 0 spiro atoms. The average molecular weight is 637 g/mol. The van der Waals surface area contributed by atoms with Crippen molar-refractivity contribution in [3.63, 3.8) is 0 Å². The Hall–Kier alpha value is -3.13. The normalized spacial score (nSPS) is 14.2. The molecule has 2 aromatic carbocycles. The van der Waals surface area contributed by atoms with Crippen LogP contribution in [0.15, 0.2) is 69.8 Å². The summed E-state index contributed by atoms with van der Waals surface area (Å²) in [5.41, 5.74) is 1.35. The van der Waals surface area contributed by atoms with Gasteiger partial charge in [-0.05, 0) is 72.9 Å². The number of aromatic nitrogens is 1. The summed E-state index contributed by atoms with van der Waals surface area (Å²) in [6, 6.07) is 13.8. The van der Waals surface area contributed by atoms with E-state index in [2.05, 4.69) is 15.5 Å². The van der Waals surface area contributed by atoms with E-state index in [-0.39, 0.29) is 24.8 Å². The highest BCUT2D eigenvalue weighted by molar-refractivity contribution is 7.92. The molecule has 0 atom stereocenters. The van der Waals surface area contributed by atoms with Crippen LogP contribution >= 0.6 is 34.5 Å². The molecule has 1 aliphatic heterocycles. The number of pyridine rings is 1. The van der Waals surface area contributed by atoms with E-state index in [4.69, 9.17) is 27.9 Å². The van der Waals surface area contributed by atoms with Gasteiger partial charge in [0.15, 0.2) is 0 Å². The van der Waals surface area contributed by atoms with Crippen LogP contribution in [0.4, 0.5) is 16.2 Å². The largest absolute Gasteiger partial charge is 0.385 e. The molecule has 1 aliphatic rings. The Morgan fingerprint density at radius 3 is 2.51 bits per heavy atom. The number of morpholine rings is 1. The Bertz CT molecular complexity index is 1740. The van der Waals surface area contributed by atoms with Gasteiger partial charge in [0.2, 0.25) is 0 Å². The van der Waals surface area contributed by atoms with E-state index in [0.29, 0.717) is 11.1 Å². The van der Waals surface area contributed by atoms with Gasteiger partial charge in [-0.3, -0.25) is 14.3 Å². The van der Waals surface area contributed by atoms with Crippen molar-refractivity contribution in [1.29, 1.82) is 0 Å². The molecule has 1 fully saturated rings. The number of nitrogens with one attached hydrogen (secondary N) is 3. The molecule has 3 heterocycles. The molecule has 3 N–H and O–H groups in total. The predicted octanol–water partition coefficient (Wildman–Crippen LogP) is 5.00. The fourth-order valence-electron chi connectivity index (χ4n) is 4.46.